The van der Waals surface area contributed by atoms with E-state index in [0.717, 1.165) is 5.56 Å². The van der Waals surface area contributed by atoms with Crippen molar-refractivity contribution in [3.05, 3.63) is 35.4 Å². The first kappa shape index (κ1) is 15.9. The Labute approximate surface area is 129 Å². The number of hydrogen-bond donors (Lipinski definition) is 2. The molecule has 2 rings (SSSR count). The first-order chi connectivity index (χ1) is 10.5. The van der Waals surface area contributed by atoms with Crippen LogP contribution >= 0.6 is 0 Å². The molecule has 1 aliphatic rings. The normalized spacial score (nSPS) is 17.7. The van der Waals surface area contributed by atoms with Gasteiger partial charge in [-0.15, -0.1) is 0 Å². The van der Waals surface area contributed by atoms with Crippen LogP contribution in [0.1, 0.15) is 44.2 Å². The van der Waals surface area contributed by atoms with Gasteiger partial charge in [-0.05, 0) is 24.0 Å². The third-order valence-corrected chi connectivity index (χ3v) is 3.56. The molecule has 0 spiro atoms. The van der Waals surface area contributed by atoms with Crippen LogP contribution < -0.4 is 10.9 Å². The molecule has 22 heavy (non-hydrogen) atoms. The van der Waals surface area contributed by atoms with Crippen LogP contribution in [0.15, 0.2) is 34.5 Å². The van der Waals surface area contributed by atoms with Crippen molar-refractivity contribution in [2.75, 3.05) is 0 Å². The fraction of sp³-hybridized carbons (Fsp3) is 0.375. The summed E-state index contributed by atoms with van der Waals surface area (Å²) in [4.78, 5) is 23.2. The summed E-state index contributed by atoms with van der Waals surface area (Å²) in [5, 5.41) is 7.71. The Bertz CT molecular complexity index is 618. The summed E-state index contributed by atoms with van der Waals surface area (Å²) in [6.07, 6.45) is 1.63. The monoisotopic (exact) mass is 300 g/mol. The van der Waals surface area contributed by atoms with Gasteiger partial charge in [-0.1, -0.05) is 38.1 Å². The fourth-order valence-electron chi connectivity index (χ4n) is 2.11. The largest absolute Gasteiger partial charge is 0.273 e. The molecule has 0 bridgehead atoms. The Kier molecular flexibility index (Phi) is 5.04. The molecule has 0 saturated carbocycles. The summed E-state index contributed by atoms with van der Waals surface area (Å²) in [6.45, 7) is 5.98. The highest BCUT2D eigenvalue weighted by Gasteiger charge is 2.28. The lowest BCUT2D eigenvalue weighted by molar-refractivity contribution is -0.127. The van der Waals surface area contributed by atoms with E-state index < -0.39 is 5.92 Å². The Balaban J connectivity index is 1.85. The molecule has 116 valence electrons. The van der Waals surface area contributed by atoms with Crippen molar-refractivity contribution < 1.29 is 9.59 Å². The highest BCUT2D eigenvalue weighted by atomic mass is 16.2. The van der Waals surface area contributed by atoms with Gasteiger partial charge in [-0.2, -0.15) is 10.2 Å². The average molecular weight is 300 g/mol. The van der Waals surface area contributed by atoms with E-state index in [9.17, 15) is 9.59 Å². The number of carbonyl (C=O) groups is 2. The number of nitrogens with one attached hydrogen (secondary N) is 2. The summed E-state index contributed by atoms with van der Waals surface area (Å²) >= 11 is 0. The fourth-order valence-corrected chi connectivity index (χ4v) is 2.11. The number of nitrogens with zero attached hydrogens (tertiary/aromatic N) is 2. The number of amides is 2. The maximum atomic E-state index is 11.8. The molecule has 1 atom stereocenters. The van der Waals surface area contributed by atoms with Crippen molar-refractivity contribution in [1.82, 2.24) is 10.9 Å². The quantitative estimate of drug-likeness (QED) is 0.641. The van der Waals surface area contributed by atoms with Crippen molar-refractivity contribution in [2.45, 2.75) is 33.1 Å². The number of benzene rings is 1. The van der Waals surface area contributed by atoms with Crippen LogP contribution in [-0.4, -0.2) is 23.7 Å². The second-order valence-electron chi connectivity index (χ2n) is 5.60. The van der Waals surface area contributed by atoms with Gasteiger partial charge in [0.05, 0.1) is 12.1 Å². The first-order valence-electron chi connectivity index (χ1n) is 7.23. The van der Waals surface area contributed by atoms with E-state index in [1.165, 1.54) is 5.56 Å². The topological polar surface area (TPSA) is 82.9 Å². The predicted molar refractivity (Wildman–Crippen MR) is 85.6 cm³/mol. The van der Waals surface area contributed by atoms with Crippen LogP contribution in [0.2, 0.25) is 0 Å². The summed E-state index contributed by atoms with van der Waals surface area (Å²) in [7, 11) is 0. The molecular weight excluding hydrogens is 280 g/mol. The Morgan fingerprint density at radius 3 is 2.64 bits per heavy atom. The molecule has 0 radical (unpaired) electrons. The molecule has 1 aliphatic heterocycles. The zero-order valence-corrected chi connectivity index (χ0v) is 13.0. The lowest BCUT2D eigenvalue weighted by Crippen LogP contribution is -2.29. The van der Waals surface area contributed by atoms with E-state index in [1.54, 1.807) is 13.1 Å². The van der Waals surface area contributed by atoms with E-state index in [0.29, 0.717) is 11.6 Å². The maximum absolute atomic E-state index is 11.8. The Hall–Kier alpha value is -2.50. The molecule has 1 heterocycles. The van der Waals surface area contributed by atoms with Crippen LogP contribution in [0.3, 0.4) is 0 Å². The molecule has 1 aromatic carbocycles. The molecule has 0 fully saturated rings. The Morgan fingerprint density at radius 1 is 1.41 bits per heavy atom. The van der Waals surface area contributed by atoms with Gasteiger partial charge in [0.1, 0.15) is 0 Å². The molecule has 0 saturated heterocycles. The molecule has 2 N–H and O–H groups in total. The number of rotatable bonds is 5. The van der Waals surface area contributed by atoms with Crippen molar-refractivity contribution >= 4 is 23.7 Å². The lowest BCUT2D eigenvalue weighted by Gasteiger charge is -2.06. The van der Waals surface area contributed by atoms with Crippen molar-refractivity contribution in [2.24, 2.45) is 16.1 Å². The van der Waals surface area contributed by atoms with Crippen molar-refractivity contribution in [3.63, 3.8) is 0 Å². The van der Waals surface area contributed by atoms with Gasteiger partial charge in [0.2, 0.25) is 11.8 Å². The summed E-state index contributed by atoms with van der Waals surface area (Å²) < 4.78 is 0. The molecular formula is C16H20N4O2. The second kappa shape index (κ2) is 6.98. The zero-order chi connectivity index (χ0) is 16.1. The predicted octanol–water partition coefficient (Wildman–Crippen LogP) is 1.77. The van der Waals surface area contributed by atoms with E-state index >= 15 is 0 Å². The van der Waals surface area contributed by atoms with Gasteiger partial charge >= 0.3 is 0 Å². The van der Waals surface area contributed by atoms with Gasteiger partial charge < -0.3 is 0 Å². The van der Waals surface area contributed by atoms with Gasteiger partial charge in [-0.3, -0.25) is 9.59 Å². The van der Waals surface area contributed by atoms with Gasteiger partial charge in [0.25, 0.3) is 0 Å². The van der Waals surface area contributed by atoms with Crippen molar-refractivity contribution in [3.8, 4) is 0 Å². The van der Waals surface area contributed by atoms with Crippen LogP contribution in [0.4, 0.5) is 0 Å². The summed E-state index contributed by atoms with van der Waals surface area (Å²) in [5.74, 6) is -0.582. The molecule has 2 amide bonds. The van der Waals surface area contributed by atoms with Crippen LogP contribution in [0.5, 0.6) is 0 Å². The second-order valence-corrected chi connectivity index (χ2v) is 5.60. The molecule has 1 aromatic rings. The summed E-state index contributed by atoms with van der Waals surface area (Å²) in [5.41, 5.74) is 7.56. The molecule has 1 unspecified atom stereocenters. The Morgan fingerprint density at radius 2 is 2.09 bits per heavy atom. The molecule has 0 aromatic heterocycles. The highest BCUT2D eigenvalue weighted by Crippen LogP contribution is 2.14. The highest BCUT2D eigenvalue weighted by molar-refractivity contribution is 6.09. The van der Waals surface area contributed by atoms with Crippen LogP contribution in [0.25, 0.3) is 0 Å². The minimum atomic E-state index is -0.500. The van der Waals surface area contributed by atoms with Crippen molar-refractivity contribution in [1.29, 1.82) is 0 Å². The number of hydrogen-bond acceptors (Lipinski definition) is 4. The van der Waals surface area contributed by atoms with E-state index in [-0.39, 0.29) is 18.2 Å². The molecule has 0 aliphatic carbocycles. The third-order valence-electron chi connectivity index (χ3n) is 3.56. The lowest BCUT2D eigenvalue weighted by atomic mass is 10.0. The van der Waals surface area contributed by atoms with E-state index in [4.69, 9.17) is 0 Å². The van der Waals surface area contributed by atoms with Gasteiger partial charge in [0.15, 0.2) is 0 Å². The standard InChI is InChI=1S/C16H20N4O2/c1-10(2)13-6-4-12(5-7-13)9-17-19-15(21)8-14-11(3)18-20-16(14)22/h4-7,9-10,14H,8H2,1-3H3,(H,19,21)(H,20,22). The van der Waals surface area contributed by atoms with E-state index in [2.05, 4.69) is 34.9 Å². The smallest absolute Gasteiger partial charge is 0.249 e. The van der Waals surface area contributed by atoms with Crippen LogP contribution in [-0.2, 0) is 9.59 Å². The molecule has 6 nitrogen and oxygen atoms in total. The zero-order valence-electron chi connectivity index (χ0n) is 13.0. The minimum absolute atomic E-state index is 0.0464. The number of carbonyl (C=O) groups excluding carboxylic acids is 2. The van der Waals surface area contributed by atoms with Gasteiger partial charge in [-0.25, -0.2) is 10.9 Å². The average Bonchev–Trinajstić information content (AvgIpc) is 2.79. The SMILES string of the molecule is CC1=NNC(=O)C1CC(=O)NN=Cc1ccc(C(C)C)cc1. The number of hydrazone groups is 2. The van der Waals surface area contributed by atoms with Crippen LogP contribution in [0, 0.1) is 5.92 Å². The maximum Gasteiger partial charge on any atom is 0.249 e. The molecule has 6 heteroatoms. The van der Waals surface area contributed by atoms with E-state index in [1.807, 2.05) is 24.3 Å². The minimum Gasteiger partial charge on any atom is -0.273 e. The summed E-state index contributed by atoms with van der Waals surface area (Å²) in [6, 6.07) is 7.98. The van der Waals surface area contributed by atoms with Gasteiger partial charge in [0, 0.05) is 12.1 Å². The third kappa shape index (κ3) is 4.00. The first-order valence-corrected chi connectivity index (χ1v) is 7.23.